The van der Waals surface area contributed by atoms with Crippen molar-refractivity contribution in [1.29, 1.82) is 0 Å². The van der Waals surface area contributed by atoms with E-state index < -0.39 is 11.9 Å². The lowest BCUT2D eigenvalue weighted by Gasteiger charge is -2.35. The standard InChI is InChI=1S/C20H19NO4/c1-11(22)24-17-7-6-14-10-16-18-13(8-9-21-16)4-3-5-15(18)19(14)20(17)25-12(2)23/h3-7,16,21H,8-10H2,1-2H3/t16-/m1/s1. The third-order valence-corrected chi connectivity index (χ3v) is 4.73. The van der Waals surface area contributed by atoms with Gasteiger partial charge < -0.3 is 14.8 Å². The fourth-order valence-corrected chi connectivity index (χ4v) is 3.89. The summed E-state index contributed by atoms with van der Waals surface area (Å²) in [5.41, 5.74) is 5.55. The summed E-state index contributed by atoms with van der Waals surface area (Å²) in [5, 5.41) is 3.57. The average molecular weight is 337 g/mol. The van der Waals surface area contributed by atoms with Crippen LogP contribution in [0.2, 0.25) is 0 Å². The second-order valence-corrected chi connectivity index (χ2v) is 6.45. The Morgan fingerprint density at radius 2 is 1.84 bits per heavy atom. The van der Waals surface area contributed by atoms with Crippen molar-refractivity contribution < 1.29 is 19.1 Å². The molecule has 1 aliphatic carbocycles. The minimum absolute atomic E-state index is 0.261. The van der Waals surface area contributed by atoms with Gasteiger partial charge in [0.1, 0.15) is 0 Å². The topological polar surface area (TPSA) is 64.6 Å². The SMILES string of the molecule is CC(=O)Oc1ccc2c(c1OC(C)=O)-c1cccc3c1[C@@H](C2)NCC3. The summed E-state index contributed by atoms with van der Waals surface area (Å²) in [7, 11) is 0. The van der Waals surface area contributed by atoms with E-state index in [2.05, 4.69) is 11.4 Å². The lowest BCUT2D eigenvalue weighted by Crippen LogP contribution is -2.33. The summed E-state index contributed by atoms with van der Waals surface area (Å²) in [4.78, 5) is 23.1. The Bertz CT molecular complexity index is 888. The molecule has 2 aliphatic rings. The largest absolute Gasteiger partial charge is 0.423 e. The van der Waals surface area contributed by atoms with E-state index in [1.807, 2.05) is 18.2 Å². The number of hydrogen-bond acceptors (Lipinski definition) is 5. The third-order valence-electron chi connectivity index (χ3n) is 4.73. The number of ether oxygens (including phenoxy) is 2. The van der Waals surface area contributed by atoms with Crippen LogP contribution in [0.25, 0.3) is 11.1 Å². The minimum Gasteiger partial charge on any atom is -0.423 e. The number of carbonyl (C=O) groups excluding carboxylic acids is 2. The van der Waals surface area contributed by atoms with E-state index in [9.17, 15) is 9.59 Å². The zero-order chi connectivity index (χ0) is 17.6. The maximum absolute atomic E-state index is 11.7. The van der Waals surface area contributed by atoms with Gasteiger partial charge in [-0.25, -0.2) is 0 Å². The molecule has 128 valence electrons. The Hall–Kier alpha value is -2.66. The molecule has 0 spiro atoms. The van der Waals surface area contributed by atoms with Crippen molar-refractivity contribution in [3.05, 3.63) is 47.0 Å². The molecule has 5 nitrogen and oxygen atoms in total. The van der Waals surface area contributed by atoms with E-state index in [1.165, 1.54) is 25.0 Å². The van der Waals surface area contributed by atoms with Crippen LogP contribution in [0.3, 0.4) is 0 Å². The molecule has 0 radical (unpaired) electrons. The maximum Gasteiger partial charge on any atom is 0.308 e. The molecule has 0 unspecified atom stereocenters. The van der Waals surface area contributed by atoms with Gasteiger partial charge in [-0.05, 0) is 47.7 Å². The van der Waals surface area contributed by atoms with Gasteiger partial charge in [0.05, 0.1) is 0 Å². The molecule has 2 aromatic carbocycles. The van der Waals surface area contributed by atoms with E-state index in [0.29, 0.717) is 5.75 Å². The molecule has 1 aliphatic heterocycles. The van der Waals surface area contributed by atoms with Gasteiger partial charge in [-0.3, -0.25) is 9.59 Å². The van der Waals surface area contributed by atoms with Crippen LogP contribution in [-0.4, -0.2) is 18.5 Å². The molecule has 0 aromatic heterocycles. The van der Waals surface area contributed by atoms with Gasteiger partial charge in [-0.15, -0.1) is 0 Å². The van der Waals surface area contributed by atoms with Gasteiger partial charge in [0.2, 0.25) is 0 Å². The van der Waals surface area contributed by atoms with E-state index in [1.54, 1.807) is 6.07 Å². The van der Waals surface area contributed by atoms with Crippen molar-refractivity contribution in [1.82, 2.24) is 5.32 Å². The first-order valence-corrected chi connectivity index (χ1v) is 8.43. The van der Waals surface area contributed by atoms with Crippen LogP contribution in [0, 0.1) is 0 Å². The van der Waals surface area contributed by atoms with Gasteiger partial charge in [0.25, 0.3) is 0 Å². The smallest absolute Gasteiger partial charge is 0.308 e. The summed E-state index contributed by atoms with van der Waals surface area (Å²) in [6.07, 6.45) is 1.79. The summed E-state index contributed by atoms with van der Waals surface area (Å²) < 4.78 is 10.8. The molecule has 2 aromatic rings. The normalized spacial score (nSPS) is 17.3. The van der Waals surface area contributed by atoms with Crippen LogP contribution >= 0.6 is 0 Å². The van der Waals surface area contributed by atoms with Crippen molar-refractivity contribution >= 4 is 11.9 Å². The monoisotopic (exact) mass is 337 g/mol. The van der Waals surface area contributed by atoms with Crippen molar-refractivity contribution in [2.45, 2.75) is 32.7 Å². The van der Waals surface area contributed by atoms with Gasteiger partial charge in [-0.1, -0.05) is 24.3 Å². The highest BCUT2D eigenvalue weighted by atomic mass is 16.6. The molecule has 25 heavy (non-hydrogen) atoms. The molecule has 0 bridgehead atoms. The van der Waals surface area contributed by atoms with Gasteiger partial charge in [0, 0.05) is 25.5 Å². The quantitative estimate of drug-likeness (QED) is 0.674. The first kappa shape index (κ1) is 15.8. The predicted molar refractivity (Wildman–Crippen MR) is 92.6 cm³/mol. The second kappa shape index (κ2) is 6.01. The summed E-state index contributed by atoms with van der Waals surface area (Å²) in [6.45, 7) is 3.64. The molecular formula is C20H19NO4. The lowest BCUT2D eigenvalue weighted by atomic mass is 9.77. The zero-order valence-corrected chi connectivity index (χ0v) is 14.2. The van der Waals surface area contributed by atoms with Crippen LogP contribution < -0.4 is 14.8 Å². The molecule has 0 saturated carbocycles. The first-order chi connectivity index (χ1) is 12.0. The highest BCUT2D eigenvalue weighted by Crippen LogP contribution is 2.49. The summed E-state index contributed by atoms with van der Waals surface area (Å²) in [6, 6.07) is 10.1. The second-order valence-electron chi connectivity index (χ2n) is 6.45. The number of hydrogen-bond donors (Lipinski definition) is 1. The Morgan fingerprint density at radius 3 is 2.60 bits per heavy atom. The number of benzene rings is 2. The molecule has 5 heteroatoms. The summed E-state index contributed by atoms with van der Waals surface area (Å²) >= 11 is 0. The molecular weight excluding hydrogens is 318 g/mol. The number of nitrogens with one attached hydrogen (secondary N) is 1. The molecule has 0 amide bonds. The van der Waals surface area contributed by atoms with E-state index >= 15 is 0 Å². The van der Waals surface area contributed by atoms with Crippen molar-refractivity contribution in [3.63, 3.8) is 0 Å². The lowest BCUT2D eigenvalue weighted by molar-refractivity contribution is -0.134. The maximum atomic E-state index is 11.7. The highest BCUT2D eigenvalue weighted by Gasteiger charge is 2.32. The van der Waals surface area contributed by atoms with E-state index in [0.717, 1.165) is 36.1 Å². The molecule has 0 fully saturated rings. The Balaban J connectivity index is 1.97. The number of rotatable bonds is 2. The Morgan fingerprint density at radius 1 is 1.04 bits per heavy atom. The number of carbonyl (C=O) groups is 2. The minimum atomic E-state index is -0.446. The zero-order valence-electron chi connectivity index (χ0n) is 14.2. The third kappa shape index (κ3) is 2.70. The molecule has 0 saturated heterocycles. The van der Waals surface area contributed by atoms with Gasteiger partial charge in [-0.2, -0.15) is 0 Å². The van der Waals surface area contributed by atoms with Crippen molar-refractivity contribution in [2.24, 2.45) is 0 Å². The highest BCUT2D eigenvalue weighted by molar-refractivity contribution is 5.86. The molecule has 4 rings (SSSR count). The molecule has 1 N–H and O–H groups in total. The van der Waals surface area contributed by atoms with Crippen LogP contribution in [0.4, 0.5) is 0 Å². The fraction of sp³-hybridized carbons (Fsp3) is 0.300. The van der Waals surface area contributed by atoms with Crippen LogP contribution in [-0.2, 0) is 22.4 Å². The predicted octanol–water partition coefficient (Wildman–Crippen LogP) is 2.95. The van der Waals surface area contributed by atoms with Crippen LogP contribution in [0.1, 0.15) is 36.6 Å². The molecule has 1 atom stereocenters. The van der Waals surface area contributed by atoms with Crippen LogP contribution in [0.5, 0.6) is 11.5 Å². The first-order valence-electron chi connectivity index (χ1n) is 8.43. The van der Waals surface area contributed by atoms with Crippen LogP contribution in [0.15, 0.2) is 30.3 Å². The average Bonchev–Trinajstić information content (AvgIpc) is 2.56. The Kier molecular flexibility index (Phi) is 3.81. The number of fused-ring (bicyclic) bond motifs is 2. The van der Waals surface area contributed by atoms with Gasteiger partial charge >= 0.3 is 11.9 Å². The van der Waals surface area contributed by atoms with E-state index in [-0.39, 0.29) is 11.8 Å². The van der Waals surface area contributed by atoms with E-state index in [4.69, 9.17) is 9.47 Å². The van der Waals surface area contributed by atoms with Gasteiger partial charge in [0.15, 0.2) is 11.5 Å². The van der Waals surface area contributed by atoms with Crippen molar-refractivity contribution in [2.75, 3.05) is 6.54 Å². The number of esters is 2. The van der Waals surface area contributed by atoms with Crippen molar-refractivity contribution in [3.8, 4) is 22.6 Å². The Labute approximate surface area is 145 Å². The fourth-order valence-electron chi connectivity index (χ4n) is 3.89. The summed E-state index contributed by atoms with van der Waals surface area (Å²) in [5.74, 6) is -0.274. The molecule has 1 heterocycles.